The lowest BCUT2D eigenvalue weighted by Crippen LogP contribution is -2.29. The molecule has 1 aromatic carbocycles. The zero-order chi connectivity index (χ0) is 18.5. The summed E-state index contributed by atoms with van der Waals surface area (Å²) in [6.07, 6.45) is 4.70. The minimum Gasteiger partial charge on any atom is -0.474 e. The van der Waals surface area contributed by atoms with Gasteiger partial charge in [0.25, 0.3) is 5.91 Å². The monoisotopic (exact) mass is 382 g/mol. The predicted molar refractivity (Wildman–Crippen MR) is 100 cm³/mol. The standard InChI is InChI=1S/C17H14N6O3S/c1-22-4-5-26-17-13(22)9-18-16(20-17)10-2-3-12-11(6-10)8-19-23(12)15-7-14(24)21-27(15)25/h2-3,6-9H,4-5H2,1H3,(H,21,24). The molecule has 5 rings (SSSR count). The van der Waals surface area contributed by atoms with Gasteiger partial charge >= 0.3 is 0 Å². The van der Waals surface area contributed by atoms with Crippen molar-refractivity contribution in [2.24, 2.45) is 0 Å². The molecule has 1 amide bonds. The summed E-state index contributed by atoms with van der Waals surface area (Å²) in [5, 5.41) is 5.40. The second-order valence-corrected chi connectivity index (χ2v) is 7.36. The number of rotatable bonds is 2. The Labute approximate surface area is 156 Å². The molecular formula is C17H14N6O3S. The highest BCUT2D eigenvalue weighted by molar-refractivity contribution is 7.93. The molecule has 0 saturated carbocycles. The summed E-state index contributed by atoms with van der Waals surface area (Å²) in [6.45, 7) is 1.39. The first-order valence-electron chi connectivity index (χ1n) is 8.24. The van der Waals surface area contributed by atoms with Gasteiger partial charge in [-0.2, -0.15) is 10.1 Å². The second-order valence-electron chi connectivity index (χ2n) is 6.20. The van der Waals surface area contributed by atoms with Crippen molar-refractivity contribution in [1.82, 2.24) is 24.5 Å². The van der Waals surface area contributed by atoms with Crippen LogP contribution in [-0.2, 0) is 15.8 Å². The first-order valence-corrected chi connectivity index (χ1v) is 9.39. The summed E-state index contributed by atoms with van der Waals surface area (Å²) < 4.78 is 21.5. The molecule has 1 N–H and O–H groups in total. The Kier molecular flexibility index (Phi) is 3.47. The van der Waals surface area contributed by atoms with Crippen LogP contribution in [0.3, 0.4) is 0 Å². The van der Waals surface area contributed by atoms with Crippen LogP contribution in [0.4, 0.5) is 5.69 Å². The van der Waals surface area contributed by atoms with Gasteiger partial charge in [-0.3, -0.25) is 9.52 Å². The highest BCUT2D eigenvalue weighted by atomic mass is 32.2. The Hall–Kier alpha value is -3.27. The van der Waals surface area contributed by atoms with Crippen molar-refractivity contribution >= 4 is 38.5 Å². The number of carbonyl (C=O) groups is 1. The number of carbonyl (C=O) groups excluding carboxylic acids is 1. The van der Waals surface area contributed by atoms with Crippen molar-refractivity contribution in [2.45, 2.75) is 0 Å². The fourth-order valence-electron chi connectivity index (χ4n) is 3.09. The van der Waals surface area contributed by atoms with Gasteiger partial charge in [0.2, 0.25) is 5.88 Å². The van der Waals surface area contributed by atoms with Crippen LogP contribution in [0.5, 0.6) is 5.88 Å². The first kappa shape index (κ1) is 15.9. The number of hydrogen-bond donors (Lipinski definition) is 1. The number of anilines is 1. The van der Waals surface area contributed by atoms with E-state index in [1.807, 2.05) is 25.2 Å². The van der Waals surface area contributed by atoms with E-state index in [-0.39, 0.29) is 0 Å². The summed E-state index contributed by atoms with van der Waals surface area (Å²) in [4.78, 5) is 22.5. The fourth-order valence-corrected chi connectivity index (χ4v) is 3.96. The molecule has 0 fully saturated rings. The molecule has 2 aliphatic rings. The number of fused-ring (bicyclic) bond motifs is 2. The number of aromatic nitrogens is 4. The van der Waals surface area contributed by atoms with Gasteiger partial charge in [0, 0.05) is 24.1 Å². The van der Waals surface area contributed by atoms with Crippen LogP contribution >= 0.6 is 0 Å². The van der Waals surface area contributed by atoms with E-state index in [9.17, 15) is 9.00 Å². The third kappa shape index (κ3) is 2.56. The Balaban J connectivity index is 1.56. The third-order valence-corrected chi connectivity index (χ3v) is 5.54. The van der Waals surface area contributed by atoms with E-state index in [1.54, 1.807) is 12.4 Å². The molecule has 0 bridgehead atoms. The van der Waals surface area contributed by atoms with Crippen molar-refractivity contribution in [3.05, 3.63) is 36.7 Å². The van der Waals surface area contributed by atoms with E-state index in [0.717, 1.165) is 28.7 Å². The minimum atomic E-state index is -1.61. The summed E-state index contributed by atoms with van der Waals surface area (Å²) in [5.41, 5.74) is 2.42. The Morgan fingerprint density at radius 2 is 2.19 bits per heavy atom. The Morgan fingerprint density at radius 3 is 3.00 bits per heavy atom. The molecule has 0 spiro atoms. The molecule has 2 aliphatic heterocycles. The van der Waals surface area contributed by atoms with Gasteiger partial charge < -0.3 is 9.64 Å². The Bertz CT molecular complexity index is 1150. The first-order chi connectivity index (χ1) is 13.1. The molecule has 9 nitrogen and oxygen atoms in total. The van der Waals surface area contributed by atoms with E-state index < -0.39 is 16.9 Å². The lowest BCUT2D eigenvalue weighted by molar-refractivity contribution is -0.114. The molecule has 4 heterocycles. The van der Waals surface area contributed by atoms with Crippen molar-refractivity contribution < 1.29 is 13.7 Å². The van der Waals surface area contributed by atoms with Crippen molar-refractivity contribution in [2.75, 3.05) is 25.1 Å². The number of nitrogens with zero attached hydrogens (tertiary/aromatic N) is 5. The van der Waals surface area contributed by atoms with Crippen LogP contribution in [0.1, 0.15) is 0 Å². The number of hydrogen-bond acceptors (Lipinski definition) is 7. The number of ether oxygens (including phenoxy) is 1. The normalized spacial score (nSPS) is 18.9. The molecule has 1 unspecified atom stereocenters. The highest BCUT2D eigenvalue weighted by Gasteiger charge is 2.23. The van der Waals surface area contributed by atoms with E-state index in [0.29, 0.717) is 23.3 Å². The van der Waals surface area contributed by atoms with Crippen LogP contribution in [0.25, 0.3) is 27.3 Å². The number of amides is 1. The van der Waals surface area contributed by atoms with Crippen LogP contribution in [0.2, 0.25) is 0 Å². The maximum atomic E-state index is 12.0. The maximum Gasteiger partial charge on any atom is 0.258 e. The van der Waals surface area contributed by atoms with E-state index in [1.165, 1.54) is 10.8 Å². The summed E-state index contributed by atoms with van der Waals surface area (Å²) >= 11 is 0. The van der Waals surface area contributed by atoms with Crippen LogP contribution in [0.15, 0.2) is 36.7 Å². The lowest BCUT2D eigenvalue weighted by Gasteiger charge is -2.26. The van der Waals surface area contributed by atoms with Gasteiger partial charge in [0.15, 0.2) is 21.8 Å². The van der Waals surface area contributed by atoms with Crippen molar-refractivity contribution in [1.29, 1.82) is 0 Å². The molecule has 136 valence electrons. The highest BCUT2D eigenvalue weighted by Crippen LogP contribution is 2.31. The van der Waals surface area contributed by atoms with Gasteiger partial charge in [-0.25, -0.2) is 13.9 Å². The van der Waals surface area contributed by atoms with Gasteiger partial charge in [0.1, 0.15) is 12.3 Å². The summed E-state index contributed by atoms with van der Waals surface area (Å²) in [5.74, 6) is 0.732. The van der Waals surface area contributed by atoms with Crippen LogP contribution < -0.4 is 14.4 Å². The fraction of sp³-hybridized carbons (Fsp3) is 0.176. The van der Waals surface area contributed by atoms with Gasteiger partial charge in [0.05, 0.1) is 24.5 Å². The van der Waals surface area contributed by atoms with Crippen LogP contribution in [0, 0.1) is 0 Å². The maximum absolute atomic E-state index is 12.0. The molecular weight excluding hydrogens is 368 g/mol. The average Bonchev–Trinajstić information content (AvgIpc) is 3.23. The smallest absolute Gasteiger partial charge is 0.258 e. The molecule has 10 heteroatoms. The molecule has 0 radical (unpaired) electrons. The summed E-state index contributed by atoms with van der Waals surface area (Å²) in [7, 11) is 0.372. The summed E-state index contributed by atoms with van der Waals surface area (Å²) in [6, 6.07) is 5.61. The van der Waals surface area contributed by atoms with Gasteiger partial charge in [-0.1, -0.05) is 0 Å². The van der Waals surface area contributed by atoms with Gasteiger partial charge in [-0.15, -0.1) is 0 Å². The van der Waals surface area contributed by atoms with Gasteiger partial charge in [-0.05, 0) is 18.2 Å². The van der Waals surface area contributed by atoms with E-state index >= 15 is 0 Å². The third-order valence-electron chi connectivity index (χ3n) is 4.49. The molecule has 0 saturated heterocycles. The molecule has 2 aromatic heterocycles. The molecule has 3 aromatic rings. The molecule has 0 aliphatic carbocycles. The topological polar surface area (TPSA) is 102 Å². The Morgan fingerprint density at radius 1 is 1.30 bits per heavy atom. The predicted octanol–water partition coefficient (Wildman–Crippen LogP) is 0.914. The zero-order valence-electron chi connectivity index (χ0n) is 14.2. The minimum absolute atomic E-state index is 0.309. The quantitative estimate of drug-likeness (QED) is 0.703. The number of nitrogens with one attached hydrogen (secondary N) is 1. The SMILES string of the molecule is CN1CCOc2nc(-c3ccc4c(cnn4C4=CC(=O)NS4=O)c3)ncc21. The second kappa shape index (κ2) is 5.88. The molecule has 1 atom stereocenters. The zero-order valence-corrected chi connectivity index (χ0v) is 15.1. The van der Waals surface area contributed by atoms with Crippen molar-refractivity contribution in [3.8, 4) is 17.3 Å². The van der Waals surface area contributed by atoms with E-state index in [4.69, 9.17) is 4.74 Å². The number of benzene rings is 1. The number of likely N-dealkylation sites (N-methyl/N-ethyl adjacent to an activating group) is 1. The largest absolute Gasteiger partial charge is 0.474 e. The van der Waals surface area contributed by atoms with Crippen molar-refractivity contribution in [3.63, 3.8) is 0 Å². The average molecular weight is 382 g/mol. The van der Waals surface area contributed by atoms with Crippen LogP contribution in [-0.4, -0.2) is 50.1 Å². The molecule has 27 heavy (non-hydrogen) atoms. The van der Waals surface area contributed by atoms with E-state index in [2.05, 4.69) is 24.7 Å². The lowest BCUT2D eigenvalue weighted by atomic mass is 10.1.